The van der Waals surface area contributed by atoms with Gasteiger partial charge in [-0.1, -0.05) is 6.07 Å². The summed E-state index contributed by atoms with van der Waals surface area (Å²) in [5.41, 5.74) is 4.28. The highest BCUT2D eigenvalue weighted by molar-refractivity contribution is 6.17. The Morgan fingerprint density at radius 2 is 1.92 bits per heavy atom. The summed E-state index contributed by atoms with van der Waals surface area (Å²) in [6.07, 6.45) is 4.41. The van der Waals surface area contributed by atoms with E-state index in [1.807, 2.05) is 26.8 Å². The number of hydrogen-bond acceptors (Lipinski definition) is 6. The second-order valence-electron chi connectivity index (χ2n) is 10.9. The van der Waals surface area contributed by atoms with Crippen molar-refractivity contribution in [3.8, 4) is 11.5 Å². The van der Waals surface area contributed by atoms with Crippen molar-refractivity contribution in [2.75, 3.05) is 11.9 Å². The Morgan fingerprint density at radius 1 is 1.13 bits per heavy atom. The average Bonchev–Trinajstić information content (AvgIpc) is 3.18. The van der Waals surface area contributed by atoms with Gasteiger partial charge in [-0.15, -0.1) is 0 Å². The van der Waals surface area contributed by atoms with Crippen LogP contribution in [-0.4, -0.2) is 45.4 Å². The van der Waals surface area contributed by atoms with E-state index in [1.165, 1.54) is 12.3 Å². The number of carboxylic acids is 1. The van der Waals surface area contributed by atoms with Crippen LogP contribution in [0.1, 0.15) is 77.6 Å². The number of carbonyl (C=O) groups is 2. The third-order valence-electron chi connectivity index (χ3n) is 6.68. The predicted octanol–water partition coefficient (Wildman–Crippen LogP) is 5.32. The number of nitrogens with one attached hydrogen (secondary N) is 1. The number of carboxylic acid groups (broad SMARTS) is 1. The first-order valence-electron chi connectivity index (χ1n) is 12.7. The van der Waals surface area contributed by atoms with Crippen molar-refractivity contribution in [1.82, 2.24) is 4.98 Å². The lowest BCUT2D eigenvalue weighted by Gasteiger charge is -2.31. The molecule has 2 aliphatic heterocycles. The lowest BCUT2D eigenvalue weighted by molar-refractivity contribution is 0.0698. The molecule has 8 nitrogen and oxygen atoms in total. The van der Waals surface area contributed by atoms with Gasteiger partial charge < -0.3 is 19.9 Å². The largest absolute Gasteiger partial charge is 0.490 e. The van der Waals surface area contributed by atoms with Gasteiger partial charge in [0.25, 0.3) is 5.91 Å². The molecular weight excluding hydrogens is 482 g/mol. The molecule has 0 unspecified atom stereocenters. The Kier molecular flexibility index (Phi) is 6.21. The molecule has 3 heterocycles. The third kappa shape index (κ3) is 4.74. The number of benzene rings is 2. The summed E-state index contributed by atoms with van der Waals surface area (Å²) in [7, 11) is 0. The molecule has 0 saturated heterocycles. The summed E-state index contributed by atoms with van der Waals surface area (Å²) in [5.74, 6) is -0.118. The zero-order valence-corrected chi connectivity index (χ0v) is 22.2. The standard InChI is InChI=1S/C30H31N3O5/c1-6-37-23-13-19-14-29(2,3)33-25(24(19)21-15-30(4,5)38-26(21)23)17-9-10-20(28(35)36)22(12-17)32-27(34)18-8-7-11-31-16-18/h7-13,16H,6,14-15H2,1-5H3,(H,32,34)(H,35,36). The van der Waals surface area contributed by atoms with Crippen molar-refractivity contribution in [1.29, 1.82) is 0 Å². The second-order valence-corrected chi connectivity index (χ2v) is 10.9. The van der Waals surface area contributed by atoms with Crippen LogP contribution in [-0.2, 0) is 12.8 Å². The number of anilines is 1. The van der Waals surface area contributed by atoms with Crippen molar-refractivity contribution < 1.29 is 24.2 Å². The van der Waals surface area contributed by atoms with E-state index in [0.29, 0.717) is 24.2 Å². The Labute approximate surface area is 221 Å². The van der Waals surface area contributed by atoms with Crippen molar-refractivity contribution in [2.24, 2.45) is 4.99 Å². The minimum absolute atomic E-state index is 0.0109. The topological polar surface area (TPSA) is 110 Å². The number of aromatic carboxylic acids is 1. The van der Waals surface area contributed by atoms with Gasteiger partial charge in [-0.05, 0) is 76.9 Å². The number of nitrogens with zero attached hydrogens (tertiary/aromatic N) is 2. The summed E-state index contributed by atoms with van der Waals surface area (Å²) < 4.78 is 12.3. The van der Waals surface area contributed by atoms with Gasteiger partial charge in [-0.2, -0.15) is 0 Å². The number of amides is 1. The van der Waals surface area contributed by atoms with Crippen LogP contribution in [0.4, 0.5) is 5.69 Å². The van der Waals surface area contributed by atoms with E-state index in [4.69, 9.17) is 14.5 Å². The van der Waals surface area contributed by atoms with Crippen LogP contribution >= 0.6 is 0 Å². The molecule has 0 spiro atoms. The second kappa shape index (κ2) is 9.28. The number of aromatic nitrogens is 1. The lowest BCUT2D eigenvalue weighted by atomic mass is 9.80. The molecule has 0 aliphatic carbocycles. The van der Waals surface area contributed by atoms with Gasteiger partial charge in [0, 0.05) is 35.5 Å². The smallest absolute Gasteiger partial charge is 0.337 e. The number of ether oxygens (including phenoxy) is 2. The minimum atomic E-state index is -1.14. The van der Waals surface area contributed by atoms with Gasteiger partial charge in [-0.25, -0.2) is 4.79 Å². The normalized spacial score (nSPS) is 16.5. The van der Waals surface area contributed by atoms with Crippen LogP contribution in [0.5, 0.6) is 11.5 Å². The Morgan fingerprint density at radius 3 is 2.61 bits per heavy atom. The summed E-state index contributed by atoms with van der Waals surface area (Å²) in [6, 6.07) is 10.3. The van der Waals surface area contributed by atoms with Gasteiger partial charge in [0.15, 0.2) is 11.5 Å². The van der Waals surface area contributed by atoms with Crippen LogP contribution < -0.4 is 14.8 Å². The van der Waals surface area contributed by atoms with Gasteiger partial charge in [0.1, 0.15) is 5.60 Å². The number of pyridine rings is 1. The molecule has 2 aliphatic rings. The van der Waals surface area contributed by atoms with E-state index in [9.17, 15) is 14.7 Å². The van der Waals surface area contributed by atoms with Crippen molar-refractivity contribution in [3.05, 3.63) is 82.2 Å². The maximum atomic E-state index is 12.9. The summed E-state index contributed by atoms with van der Waals surface area (Å²) in [6.45, 7) is 10.7. The van der Waals surface area contributed by atoms with E-state index in [1.54, 1.807) is 30.5 Å². The van der Waals surface area contributed by atoms with E-state index >= 15 is 0 Å². The first kappa shape index (κ1) is 25.4. The summed E-state index contributed by atoms with van der Waals surface area (Å²) in [5, 5.41) is 12.6. The van der Waals surface area contributed by atoms with Crippen molar-refractivity contribution >= 4 is 23.3 Å². The van der Waals surface area contributed by atoms with Gasteiger partial charge in [-0.3, -0.25) is 14.8 Å². The van der Waals surface area contributed by atoms with Crippen molar-refractivity contribution in [3.63, 3.8) is 0 Å². The molecule has 1 aromatic heterocycles. The van der Waals surface area contributed by atoms with Crippen LogP contribution in [0.3, 0.4) is 0 Å². The van der Waals surface area contributed by atoms with Crippen LogP contribution in [0.15, 0.2) is 53.8 Å². The molecule has 38 heavy (non-hydrogen) atoms. The number of fused-ring (bicyclic) bond motifs is 3. The van der Waals surface area contributed by atoms with E-state index in [2.05, 4.69) is 24.1 Å². The van der Waals surface area contributed by atoms with E-state index < -0.39 is 23.0 Å². The average molecular weight is 514 g/mol. The van der Waals surface area contributed by atoms with E-state index in [0.717, 1.165) is 40.3 Å². The highest BCUT2D eigenvalue weighted by Gasteiger charge is 2.40. The van der Waals surface area contributed by atoms with Gasteiger partial charge in [0.05, 0.1) is 34.7 Å². The number of carbonyl (C=O) groups excluding carboxylic acids is 1. The molecule has 2 aromatic carbocycles. The number of rotatable bonds is 6. The van der Waals surface area contributed by atoms with Gasteiger partial charge in [0.2, 0.25) is 0 Å². The zero-order chi connectivity index (χ0) is 27.2. The Hall–Kier alpha value is -4.20. The molecule has 0 bridgehead atoms. The molecular formula is C30H31N3O5. The number of aliphatic imine (C=N–C) groups is 1. The molecule has 3 aromatic rings. The van der Waals surface area contributed by atoms with Crippen molar-refractivity contribution in [2.45, 2.75) is 58.6 Å². The molecule has 5 rings (SSSR count). The highest BCUT2D eigenvalue weighted by atomic mass is 16.5. The molecule has 0 radical (unpaired) electrons. The molecule has 1 amide bonds. The van der Waals surface area contributed by atoms with Crippen LogP contribution in [0, 0.1) is 0 Å². The molecule has 0 fully saturated rings. The van der Waals surface area contributed by atoms with Crippen LogP contribution in [0.2, 0.25) is 0 Å². The van der Waals surface area contributed by atoms with E-state index in [-0.39, 0.29) is 11.3 Å². The fourth-order valence-corrected chi connectivity index (χ4v) is 5.21. The summed E-state index contributed by atoms with van der Waals surface area (Å²) >= 11 is 0. The zero-order valence-electron chi connectivity index (χ0n) is 22.2. The molecule has 8 heteroatoms. The maximum Gasteiger partial charge on any atom is 0.337 e. The molecule has 2 N–H and O–H groups in total. The Balaban J connectivity index is 1.66. The first-order chi connectivity index (χ1) is 18.0. The first-order valence-corrected chi connectivity index (χ1v) is 12.7. The monoisotopic (exact) mass is 513 g/mol. The fourth-order valence-electron chi connectivity index (χ4n) is 5.21. The summed E-state index contributed by atoms with van der Waals surface area (Å²) in [4.78, 5) is 34.0. The highest BCUT2D eigenvalue weighted by Crippen LogP contribution is 2.48. The Bertz CT molecular complexity index is 1470. The van der Waals surface area contributed by atoms with Gasteiger partial charge >= 0.3 is 5.97 Å². The lowest BCUT2D eigenvalue weighted by Crippen LogP contribution is -2.31. The predicted molar refractivity (Wildman–Crippen MR) is 145 cm³/mol. The third-order valence-corrected chi connectivity index (χ3v) is 6.68. The van der Waals surface area contributed by atoms with Crippen LogP contribution in [0.25, 0.3) is 0 Å². The molecule has 0 saturated carbocycles. The SMILES string of the molecule is CCOc1cc2c(c3c1OC(C)(C)C3)C(c1ccc(C(=O)O)c(NC(=O)c3cccnc3)c1)=NC(C)(C)C2. The quantitative estimate of drug-likeness (QED) is 0.462. The fraction of sp³-hybridized carbons (Fsp3) is 0.333. The number of hydrogen-bond donors (Lipinski definition) is 2. The molecule has 0 atom stereocenters. The maximum absolute atomic E-state index is 12.9. The molecule has 196 valence electrons. The minimum Gasteiger partial charge on any atom is -0.490 e.